The molecule has 2 rings (SSSR count). The third-order valence-corrected chi connectivity index (χ3v) is 6.12. The van der Waals surface area contributed by atoms with Crippen LogP contribution in [-0.4, -0.2) is 62.8 Å². The van der Waals surface area contributed by atoms with Gasteiger partial charge in [0.05, 0.1) is 18.6 Å². The van der Waals surface area contributed by atoms with Crippen LogP contribution < -0.4 is 5.32 Å². The molecule has 0 spiro atoms. The Bertz CT molecular complexity index is 476. The van der Waals surface area contributed by atoms with Crippen molar-refractivity contribution in [3.63, 3.8) is 0 Å². The number of guanidine groups is 1. The third-order valence-electron chi connectivity index (χ3n) is 6.12. The number of aliphatic imine (C=N–C) groups is 1. The van der Waals surface area contributed by atoms with Crippen LogP contribution in [0, 0.1) is 11.3 Å². The first-order chi connectivity index (χ1) is 10.8. The highest BCUT2D eigenvalue weighted by Gasteiger charge is 2.58. The second-order valence-corrected chi connectivity index (χ2v) is 7.39. The summed E-state index contributed by atoms with van der Waals surface area (Å²) in [5, 5.41) is 3.59. The quantitative estimate of drug-likeness (QED) is 0.308. The van der Waals surface area contributed by atoms with Crippen LogP contribution in [0.4, 0.5) is 0 Å². The number of esters is 1. The number of nitrogens with one attached hydrogen (secondary N) is 1. The molecule has 0 amide bonds. The third kappa shape index (κ3) is 3.81. The van der Waals surface area contributed by atoms with E-state index < -0.39 is 0 Å². The summed E-state index contributed by atoms with van der Waals surface area (Å²) in [7, 11) is 5.06. The number of likely N-dealkylation sites (tertiary alicyclic amines) is 1. The molecule has 2 aliphatic rings. The summed E-state index contributed by atoms with van der Waals surface area (Å²) in [4.78, 5) is 18.3. The molecule has 1 saturated carbocycles. The fraction of sp³-hybridized carbons (Fsp3) is 0.882. The van der Waals surface area contributed by atoms with E-state index in [4.69, 9.17) is 9.47 Å². The van der Waals surface area contributed by atoms with Gasteiger partial charge in [0.1, 0.15) is 0 Å². The lowest BCUT2D eigenvalue weighted by Crippen LogP contribution is -2.69. The smallest absolute Gasteiger partial charge is 0.308 e. The van der Waals surface area contributed by atoms with Gasteiger partial charge in [0.15, 0.2) is 5.96 Å². The monoisotopic (exact) mass is 453 g/mol. The predicted octanol–water partition coefficient (Wildman–Crippen LogP) is 2.27. The van der Waals surface area contributed by atoms with E-state index in [1.54, 1.807) is 7.11 Å². The number of methoxy groups -OCH3 is 2. The number of rotatable bonds is 3. The van der Waals surface area contributed by atoms with Crippen LogP contribution >= 0.6 is 24.0 Å². The van der Waals surface area contributed by atoms with Gasteiger partial charge < -0.3 is 19.7 Å². The Labute approximate surface area is 162 Å². The van der Waals surface area contributed by atoms with Crippen LogP contribution in [-0.2, 0) is 14.3 Å². The van der Waals surface area contributed by atoms with E-state index in [-0.39, 0.29) is 46.9 Å². The van der Waals surface area contributed by atoms with Crippen molar-refractivity contribution in [2.75, 3.05) is 34.4 Å². The number of hydrogen-bond donors (Lipinski definition) is 1. The highest BCUT2D eigenvalue weighted by molar-refractivity contribution is 14.0. The van der Waals surface area contributed by atoms with E-state index in [0.29, 0.717) is 6.04 Å². The summed E-state index contributed by atoms with van der Waals surface area (Å²) < 4.78 is 10.5. The highest BCUT2D eigenvalue weighted by atomic mass is 127. The largest absolute Gasteiger partial charge is 0.469 e. The number of piperidine rings is 1. The number of carbonyl (C=O) groups is 1. The minimum atomic E-state index is -0.0958. The maximum Gasteiger partial charge on any atom is 0.308 e. The van der Waals surface area contributed by atoms with Crippen LogP contribution in [0.15, 0.2) is 4.99 Å². The fourth-order valence-electron chi connectivity index (χ4n) is 3.67. The van der Waals surface area contributed by atoms with Crippen LogP contribution in [0.3, 0.4) is 0 Å². The van der Waals surface area contributed by atoms with E-state index in [2.05, 4.69) is 36.0 Å². The summed E-state index contributed by atoms with van der Waals surface area (Å²) >= 11 is 0. The average Bonchev–Trinajstić information content (AvgIpc) is 2.57. The number of nitrogens with zero attached hydrogens (tertiary/aromatic N) is 2. The van der Waals surface area contributed by atoms with Crippen molar-refractivity contribution in [1.29, 1.82) is 0 Å². The van der Waals surface area contributed by atoms with Gasteiger partial charge in [-0.25, -0.2) is 0 Å². The number of hydrogen-bond acceptors (Lipinski definition) is 4. The van der Waals surface area contributed by atoms with E-state index in [1.165, 1.54) is 7.11 Å². The second-order valence-electron chi connectivity index (χ2n) is 7.39. The van der Waals surface area contributed by atoms with Gasteiger partial charge in [0.25, 0.3) is 0 Å². The molecule has 0 aromatic heterocycles. The summed E-state index contributed by atoms with van der Waals surface area (Å²) in [6.07, 6.45) is 2.60. The molecule has 2 unspecified atom stereocenters. The Morgan fingerprint density at radius 2 is 1.79 bits per heavy atom. The van der Waals surface area contributed by atoms with Crippen LogP contribution in [0.1, 0.15) is 40.0 Å². The molecule has 1 aliphatic heterocycles. The molecule has 2 fully saturated rings. The maximum atomic E-state index is 11.6. The van der Waals surface area contributed by atoms with Gasteiger partial charge in [0.2, 0.25) is 0 Å². The van der Waals surface area contributed by atoms with Crippen LogP contribution in [0.2, 0.25) is 0 Å². The lowest BCUT2D eigenvalue weighted by atomic mass is 9.56. The molecule has 2 atom stereocenters. The van der Waals surface area contributed by atoms with Gasteiger partial charge in [-0.1, -0.05) is 13.8 Å². The Hall–Kier alpha value is -0.570. The minimum absolute atomic E-state index is 0. The molecule has 1 heterocycles. The Kier molecular flexibility index (Phi) is 7.34. The first-order valence-electron chi connectivity index (χ1n) is 8.40. The Balaban J connectivity index is 0.00000288. The topological polar surface area (TPSA) is 63.2 Å². The molecule has 1 aliphatic carbocycles. The first kappa shape index (κ1) is 21.5. The lowest BCUT2D eigenvalue weighted by Gasteiger charge is -2.59. The van der Waals surface area contributed by atoms with Gasteiger partial charge in [-0.3, -0.25) is 9.79 Å². The van der Waals surface area contributed by atoms with E-state index in [1.807, 2.05) is 7.05 Å². The molecule has 24 heavy (non-hydrogen) atoms. The predicted molar refractivity (Wildman–Crippen MR) is 106 cm³/mol. The molecule has 0 aromatic carbocycles. The lowest BCUT2D eigenvalue weighted by molar-refractivity contribution is -0.177. The molecule has 6 nitrogen and oxygen atoms in total. The molecule has 0 aromatic rings. The van der Waals surface area contributed by atoms with Crippen molar-refractivity contribution < 1.29 is 14.3 Å². The van der Waals surface area contributed by atoms with Crippen molar-refractivity contribution >= 4 is 35.9 Å². The standard InChI is InChI=1S/C17H31N3O3.HI/c1-16(2)13(11-17(16,3)23-6)19-15(18-4)20-9-7-12(8-10-20)14(21)22-5;/h12-13H,7-11H2,1-6H3,(H,18,19);1H. The van der Waals surface area contributed by atoms with Gasteiger partial charge >= 0.3 is 5.97 Å². The van der Waals surface area contributed by atoms with Gasteiger partial charge in [-0.15, -0.1) is 24.0 Å². The van der Waals surface area contributed by atoms with E-state index in [0.717, 1.165) is 38.3 Å². The number of halogens is 1. The van der Waals surface area contributed by atoms with Gasteiger partial charge in [-0.05, 0) is 26.2 Å². The SMILES string of the molecule is CN=C(NC1CC(C)(OC)C1(C)C)N1CCC(C(=O)OC)CC1.I. The highest BCUT2D eigenvalue weighted by Crippen LogP contribution is 2.51. The van der Waals surface area contributed by atoms with Crippen molar-refractivity contribution in [3.05, 3.63) is 0 Å². The first-order valence-corrected chi connectivity index (χ1v) is 8.40. The zero-order valence-electron chi connectivity index (χ0n) is 15.7. The normalized spacial score (nSPS) is 30.2. The molecule has 0 bridgehead atoms. The van der Waals surface area contributed by atoms with Crippen molar-refractivity contribution in [3.8, 4) is 0 Å². The zero-order valence-corrected chi connectivity index (χ0v) is 18.0. The molecule has 140 valence electrons. The van der Waals surface area contributed by atoms with E-state index in [9.17, 15) is 4.79 Å². The summed E-state index contributed by atoms with van der Waals surface area (Å²) in [6, 6.07) is 0.337. The number of carbonyl (C=O) groups excluding carboxylic acids is 1. The molecular weight excluding hydrogens is 421 g/mol. The van der Waals surface area contributed by atoms with Crippen molar-refractivity contribution in [2.24, 2.45) is 16.3 Å². The van der Waals surface area contributed by atoms with E-state index >= 15 is 0 Å². The molecule has 1 N–H and O–H groups in total. The molecule has 7 heteroatoms. The molecular formula is C17H32IN3O3. The zero-order chi connectivity index (χ0) is 17.3. The fourth-order valence-corrected chi connectivity index (χ4v) is 3.67. The van der Waals surface area contributed by atoms with Crippen LogP contribution in [0.25, 0.3) is 0 Å². The van der Waals surface area contributed by atoms with Gasteiger partial charge in [0, 0.05) is 38.7 Å². The van der Waals surface area contributed by atoms with Crippen LogP contribution in [0.5, 0.6) is 0 Å². The second kappa shape index (κ2) is 8.21. The summed E-state index contributed by atoms with van der Waals surface area (Å²) in [5.74, 6) is 0.847. The Morgan fingerprint density at radius 1 is 1.21 bits per heavy atom. The minimum Gasteiger partial charge on any atom is -0.469 e. The summed E-state index contributed by atoms with van der Waals surface area (Å²) in [5.41, 5.74) is -0.0522. The molecule has 0 radical (unpaired) electrons. The maximum absolute atomic E-state index is 11.6. The molecule has 1 saturated heterocycles. The van der Waals surface area contributed by atoms with Gasteiger partial charge in [-0.2, -0.15) is 0 Å². The Morgan fingerprint density at radius 3 is 2.21 bits per heavy atom. The number of ether oxygens (including phenoxy) is 2. The average molecular weight is 453 g/mol. The van der Waals surface area contributed by atoms with Crippen molar-refractivity contribution in [1.82, 2.24) is 10.2 Å². The van der Waals surface area contributed by atoms with Crippen molar-refractivity contribution in [2.45, 2.75) is 51.7 Å². The summed E-state index contributed by atoms with van der Waals surface area (Å²) in [6.45, 7) is 8.28.